The molecule has 100 valence electrons. The number of nitrogens with zero attached hydrogens (tertiary/aromatic N) is 2. The number of para-hydroxylation sites is 1. The summed E-state index contributed by atoms with van der Waals surface area (Å²) in [5.74, 6) is 0. The second-order valence-electron chi connectivity index (χ2n) is 4.41. The maximum atomic E-state index is 4.53. The first-order chi connectivity index (χ1) is 9.69. The van der Waals surface area contributed by atoms with E-state index < -0.39 is 0 Å². The monoisotopic (exact) mass is 390 g/mol. The van der Waals surface area contributed by atoms with Gasteiger partial charge in [0.2, 0.25) is 0 Å². The van der Waals surface area contributed by atoms with E-state index in [0.717, 1.165) is 36.8 Å². The van der Waals surface area contributed by atoms with Gasteiger partial charge in [-0.2, -0.15) is 0 Å². The molecule has 2 nitrogen and oxygen atoms in total. The Morgan fingerprint density at radius 1 is 1.25 bits per heavy atom. The summed E-state index contributed by atoms with van der Waals surface area (Å²) in [5.41, 5.74) is 4.20. The third-order valence-corrected chi connectivity index (χ3v) is 4.49. The lowest BCUT2D eigenvalue weighted by molar-refractivity contribution is 1.21. The molecule has 0 radical (unpaired) electrons. The average Bonchev–Trinajstić information content (AvgIpc) is 2.82. The van der Waals surface area contributed by atoms with Crippen molar-refractivity contribution in [3.05, 3.63) is 57.3 Å². The van der Waals surface area contributed by atoms with Crippen LogP contribution in [-0.2, 0) is 0 Å². The number of benzene rings is 1. The number of hydrogen-bond acceptors (Lipinski definition) is 1. The fraction of sp³-hybridized carbons (Fsp3) is 0.0625. The Morgan fingerprint density at radius 3 is 2.75 bits per heavy atom. The zero-order valence-electron chi connectivity index (χ0n) is 10.9. The Morgan fingerprint density at radius 2 is 2.05 bits per heavy atom. The van der Waals surface area contributed by atoms with E-state index in [1.165, 1.54) is 0 Å². The van der Waals surface area contributed by atoms with Crippen molar-refractivity contribution in [2.75, 3.05) is 0 Å². The number of hydrogen-bond donors (Lipinski definition) is 0. The van der Waals surface area contributed by atoms with Crippen LogP contribution in [0.2, 0.25) is 0 Å². The van der Waals surface area contributed by atoms with Gasteiger partial charge in [-0.05, 0) is 50.4 Å². The normalized spacial score (nSPS) is 11.8. The van der Waals surface area contributed by atoms with Crippen LogP contribution in [0.4, 0.5) is 0 Å². The summed E-state index contributed by atoms with van der Waals surface area (Å²) in [7, 11) is 0. The van der Waals surface area contributed by atoms with E-state index >= 15 is 0 Å². The number of allylic oxidation sites excluding steroid dienone is 1. The van der Waals surface area contributed by atoms with Gasteiger partial charge in [-0.1, -0.05) is 36.9 Å². The number of imidazole rings is 1. The van der Waals surface area contributed by atoms with Crippen LogP contribution in [0.3, 0.4) is 0 Å². The van der Waals surface area contributed by atoms with E-state index in [1.54, 1.807) is 0 Å². The molecule has 0 N–H and O–H groups in total. The Bertz CT molecular complexity index is 860. The van der Waals surface area contributed by atoms with Gasteiger partial charge in [0.05, 0.1) is 11.7 Å². The lowest BCUT2D eigenvalue weighted by Crippen LogP contribution is -1.97. The van der Waals surface area contributed by atoms with Crippen LogP contribution in [0.15, 0.2) is 46.1 Å². The molecule has 0 unspecified atom stereocenters. The molecule has 3 aromatic rings. The lowest BCUT2D eigenvalue weighted by atomic mass is 10.0. The topological polar surface area (TPSA) is 17.3 Å². The molecular weight excluding hydrogens is 380 g/mol. The maximum Gasteiger partial charge on any atom is 0.146 e. The minimum atomic E-state index is 0.921. The molecule has 0 fully saturated rings. The summed E-state index contributed by atoms with van der Waals surface area (Å²) in [4.78, 5) is 4.53. The molecule has 2 heterocycles. The molecule has 0 aliphatic rings. The number of aromatic nitrogens is 2. The Hall–Kier alpha value is -1.39. The van der Waals surface area contributed by atoms with Gasteiger partial charge in [-0.15, -0.1) is 0 Å². The molecule has 0 aliphatic heterocycles. The molecule has 0 aliphatic carbocycles. The third kappa shape index (κ3) is 1.86. The Kier molecular flexibility index (Phi) is 3.52. The Labute approximate surface area is 134 Å². The van der Waals surface area contributed by atoms with Crippen molar-refractivity contribution < 1.29 is 0 Å². The van der Waals surface area contributed by atoms with Crippen molar-refractivity contribution in [2.45, 2.75) is 6.92 Å². The van der Waals surface area contributed by atoms with Crippen LogP contribution in [0.25, 0.3) is 28.7 Å². The highest BCUT2D eigenvalue weighted by molar-refractivity contribution is 9.11. The third-order valence-electron chi connectivity index (χ3n) is 3.29. The van der Waals surface area contributed by atoms with Crippen molar-refractivity contribution in [3.63, 3.8) is 0 Å². The van der Waals surface area contributed by atoms with Crippen molar-refractivity contribution in [1.82, 2.24) is 9.38 Å². The number of rotatable bonds is 2. The number of pyridine rings is 1. The summed E-state index contributed by atoms with van der Waals surface area (Å²) in [5, 5.41) is 1.15. The molecule has 0 saturated carbocycles. The van der Waals surface area contributed by atoms with Crippen LogP contribution in [-0.4, -0.2) is 9.38 Å². The van der Waals surface area contributed by atoms with Crippen molar-refractivity contribution in [2.24, 2.45) is 0 Å². The summed E-state index contributed by atoms with van der Waals surface area (Å²) in [6, 6.07) is 6.18. The van der Waals surface area contributed by atoms with Crippen molar-refractivity contribution >= 4 is 60.6 Å². The molecule has 2 aromatic heterocycles. The smallest absolute Gasteiger partial charge is 0.146 e. The molecule has 1 aromatic carbocycles. The second kappa shape index (κ2) is 5.19. The molecule has 3 rings (SSSR count). The molecule has 0 saturated heterocycles. The molecule has 0 atom stereocenters. The fourth-order valence-corrected chi connectivity index (χ4v) is 3.50. The quantitative estimate of drug-likeness (QED) is 0.548. The fourth-order valence-electron chi connectivity index (χ4n) is 2.51. The van der Waals surface area contributed by atoms with E-state index in [1.807, 2.05) is 37.4 Å². The van der Waals surface area contributed by atoms with Gasteiger partial charge in [0.15, 0.2) is 0 Å². The second-order valence-corrected chi connectivity index (χ2v) is 6.07. The first-order valence-electron chi connectivity index (χ1n) is 6.21. The molecular formula is C16H12Br2N2. The molecule has 0 bridgehead atoms. The predicted octanol–water partition coefficient (Wildman–Crippen LogP) is 5.69. The van der Waals surface area contributed by atoms with Gasteiger partial charge in [0.1, 0.15) is 10.3 Å². The summed E-state index contributed by atoms with van der Waals surface area (Å²) >= 11 is 7.23. The van der Waals surface area contributed by atoms with Crippen LogP contribution in [0.1, 0.15) is 18.1 Å². The van der Waals surface area contributed by atoms with Gasteiger partial charge in [0, 0.05) is 15.4 Å². The summed E-state index contributed by atoms with van der Waals surface area (Å²) in [6.45, 7) is 5.98. The molecule has 0 spiro atoms. The van der Waals surface area contributed by atoms with Crippen LogP contribution in [0.5, 0.6) is 0 Å². The lowest BCUT2D eigenvalue weighted by Gasteiger charge is -2.12. The van der Waals surface area contributed by atoms with Crippen molar-refractivity contribution in [1.29, 1.82) is 0 Å². The highest BCUT2D eigenvalue weighted by Gasteiger charge is 2.15. The first-order valence-corrected chi connectivity index (χ1v) is 7.80. The summed E-state index contributed by atoms with van der Waals surface area (Å²) < 4.78 is 4.08. The van der Waals surface area contributed by atoms with Crippen LogP contribution < -0.4 is 0 Å². The first kappa shape index (κ1) is 13.6. The van der Waals surface area contributed by atoms with E-state index in [4.69, 9.17) is 0 Å². The predicted molar refractivity (Wildman–Crippen MR) is 92.9 cm³/mol. The minimum absolute atomic E-state index is 0.921. The molecule has 0 amide bonds. The van der Waals surface area contributed by atoms with Crippen molar-refractivity contribution in [3.8, 4) is 0 Å². The average molecular weight is 392 g/mol. The number of fused-ring (bicyclic) bond motifs is 3. The summed E-state index contributed by atoms with van der Waals surface area (Å²) in [6.07, 6.45) is 7.82. The van der Waals surface area contributed by atoms with Gasteiger partial charge < -0.3 is 0 Å². The zero-order valence-corrected chi connectivity index (χ0v) is 14.1. The standard InChI is InChI=1S/C16H12Br2N2/c1-3-6-12-10(4-2)11-7-5-8-13(17)15(11)20-14(18)9-19-16(12)20/h3-9H,2H2,1H3/b6-3-. The largest absolute Gasteiger partial charge is 0.285 e. The maximum absolute atomic E-state index is 4.53. The van der Waals surface area contributed by atoms with Gasteiger partial charge in [-0.25, -0.2) is 4.98 Å². The zero-order chi connectivity index (χ0) is 14.3. The van der Waals surface area contributed by atoms with E-state index in [9.17, 15) is 0 Å². The van der Waals surface area contributed by atoms with Crippen LogP contribution >= 0.6 is 31.9 Å². The molecule has 4 heteroatoms. The highest BCUT2D eigenvalue weighted by atomic mass is 79.9. The number of halogens is 2. The SMILES string of the molecule is C=Cc1c(/C=C\C)c2ncc(Br)n2c2c(Br)cccc12. The Balaban J connectivity index is 2.70. The van der Waals surface area contributed by atoms with Gasteiger partial charge in [0.25, 0.3) is 0 Å². The van der Waals surface area contributed by atoms with Gasteiger partial charge in [-0.3, -0.25) is 4.40 Å². The van der Waals surface area contributed by atoms with E-state index in [2.05, 4.69) is 60.0 Å². The highest BCUT2D eigenvalue weighted by Crippen LogP contribution is 2.34. The van der Waals surface area contributed by atoms with E-state index in [-0.39, 0.29) is 0 Å². The van der Waals surface area contributed by atoms with Gasteiger partial charge >= 0.3 is 0 Å². The minimum Gasteiger partial charge on any atom is -0.285 e. The molecule has 20 heavy (non-hydrogen) atoms. The van der Waals surface area contributed by atoms with Crippen LogP contribution in [0, 0.1) is 0 Å². The van der Waals surface area contributed by atoms with E-state index in [0.29, 0.717) is 0 Å².